The van der Waals surface area contributed by atoms with Crippen LogP contribution in [-0.2, 0) is 4.79 Å². The number of amides is 2. The van der Waals surface area contributed by atoms with Crippen molar-refractivity contribution in [3.05, 3.63) is 18.1 Å². The molecule has 2 heterocycles. The number of hydrogen-bond donors (Lipinski definition) is 3. The van der Waals surface area contributed by atoms with Crippen LogP contribution in [-0.4, -0.2) is 54.5 Å². The number of nitrogens with two attached hydrogens (primary N) is 1. The molecule has 1 aromatic rings. The Kier molecular flexibility index (Phi) is 3.91. The largest absolute Gasteiger partial charge is 0.364 e. The summed E-state index contributed by atoms with van der Waals surface area (Å²) in [5, 5.41) is 5.73. The molecule has 0 bridgehead atoms. The Balaban J connectivity index is 2.37. The van der Waals surface area contributed by atoms with Crippen LogP contribution in [0.3, 0.4) is 0 Å². The quantitative estimate of drug-likeness (QED) is 0.587. The molecule has 0 aromatic carbocycles. The van der Waals surface area contributed by atoms with E-state index >= 15 is 0 Å². The van der Waals surface area contributed by atoms with E-state index in [4.69, 9.17) is 5.73 Å². The summed E-state index contributed by atoms with van der Waals surface area (Å²) < 4.78 is 0. The fraction of sp³-hybridized carbons (Fsp3) is 0.455. The first-order chi connectivity index (χ1) is 9.15. The molecule has 8 heteroatoms. The topological polar surface area (TPSA) is 113 Å². The molecule has 1 saturated heterocycles. The van der Waals surface area contributed by atoms with Gasteiger partial charge in [0.2, 0.25) is 5.91 Å². The number of likely N-dealkylation sites (N-methyl/N-ethyl adjacent to an activating group) is 1. The summed E-state index contributed by atoms with van der Waals surface area (Å²) in [4.78, 5) is 33.1. The number of hydrogen-bond acceptors (Lipinski definition) is 6. The normalized spacial score (nSPS) is 19.0. The zero-order valence-electron chi connectivity index (χ0n) is 10.6. The molecule has 4 N–H and O–H groups in total. The third kappa shape index (κ3) is 2.63. The molecule has 1 atom stereocenters. The lowest BCUT2D eigenvalue weighted by Crippen LogP contribution is -2.58. The number of carbonyl (C=O) groups is 2. The summed E-state index contributed by atoms with van der Waals surface area (Å²) in [5.74, 6) is -0.448. The van der Waals surface area contributed by atoms with Gasteiger partial charge in [-0.25, -0.2) is 9.97 Å². The predicted molar refractivity (Wildman–Crippen MR) is 68.6 cm³/mol. The summed E-state index contributed by atoms with van der Waals surface area (Å²) in [7, 11) is 1.57. The highest BCUT2D eigenvalue weighted by atomic mass is 16.2. The van der Waals surface area contributed by atoms with E-state index in [-0.39, 0.29) is 11.6 Å². The van der Waals surface area contributed by atoms with Crippen molar-refractivity contribution in [3.8, 4) is 0 Å². The predicted octanol–water partition coefficient (Wildman–Crippen LogP) is -1.90. The van der Waals surface area contributed by atoms with Gasteiger partial charge in [-0.15, -0.1) is 0 Å². The molecule has 102 valence electrons. The molecule has 2 amide bonds. The number of aromatic nitrogens is 2. The zero-order chi connectivity index (χ0) is 13.8. The van der Waals surface area contributed by atoms with Crippen LogP contribution in [0.1, 0.15) is 10.5 Å². The van der Waals surface area contributed by atoms with Crippen LogP contribution in [0.25, 0.3) is 0 Å². The maximum atomic E-state index is 11.9. The first kappa shape index (κ1) is 13.2. The Morgan fingerprint density at radius 3 is 2.89 bits per heavy atom. The summed E-state index contributed by atoms with van der Waals surface area (Å²) in [6.07, 6.45) is 2.88. The highest BCUT2D eigenvalue weighted by Crippen LogP contribution is 2.18. The van der Waals surface area contributed by atoms with Gasteiger partial charge >= 0.3 is 0 Å². The third-order valence-electron chi connectivity index (χ3n) is 2.98. The molecule has 0 saturated carbocycles. The number of rotatable bonds is 3. The van der Waals surface area contributed by atoms with Gasteiger partial charge in [0.15, 0.2) is 11.5 Å². The highest BCUT2D eigenvalue weighted by Gasteiger charge is 2.31. The number of primary amides is 1. The Bertz CT molecular complexity index is 492. The minimum absolute atomic E-state index is 0.0818. The number of nitrogens with zero attached hydrogens (tertiary/aromatic N) is 3. The van der Waals surface area contributed by atoms with E-state index in [1.165, 1.54) is 12.4 Å². The van der Waals surface area contributed by atoms with Gasteiger partial charge in [-0.2, -0.15) is 0 Å². The van der Waals surface area contributed by atoms with E-state index in [0.717, 1.165) is 0 Å². The van der Waals surface area contributed by atoms with Crippen molar-refractivity contribution in [1.29, 1.82) is 0 Å². The van der Waals surface area contributed by atoms with Gasteiger partial charge in [0.05, 0.1) is 0 Å². The van der Waals surface area contributed by atoms with Crippen LogP contribution in [0.2, 0.25) is 0 Å². The zero-order valence-corrected chi connectivity index (χ0v) is 10.6. The second-order valence-electron chi connectivity index (χ2n) is 4.12. The SMILES string of the molecule is CNC(=O)C1CNCCN1c1nccnc1C(N)=O. The third-order valence-corrected chi connectivity index (χ3v) is 2.98. The second-order valence-corrected chi connectivity index (χ2v) is 4.12. The molecule has 1 fully saturated rings. The lowest BCUT2D eigenvalue weighted by Gasteiger charge is -2.36. The molecule has 0 spiro atoms. The van der Waals surface area contributed by atoms with Gasteiger partial charge in [-0.3, -0.25) is 9.59 Å². The van der Waals surface area contributed by atoms with E-state index in [1.54, 1.807) is 11.9 Å². The number of nitrogens with one attached hydrogen (secondary N) is 2. The van der Waals surface area contributed by atoms with E-state index in [9.17, 15) is 9.59 Å². The maximum Gasteiger partial charge on any atom is 0.271 e. The number of piperazine rings is 1. The van der Waals surface area contributed by atoms with Gasteiger partial charge in [0, 0.05) is 39.1 Å². The molecule has 1 aliphatic heterocycles. The molecular formula is C11H16N6O2. The smallest absolute Gasteiger partial charge is 0.271 e. The van der Waals surface area contributed by atoms with Crippen molar-refractivity contribution in [3.63, 3.8) is 0 Å². The summed E-state index contributed by atoms with van der Waals surface area (Å²) in [6.45, 7) is 1.73. The molecule has 0 radical (unpaired) electrons. The van der Waals surface area contributed by atoms with Crippen LogP contribution < -0.4 is 21.3 Å². The molecule has 1 unspecified atom stereocenters. The van der Waals surface area contributed by atoms with Crippen molar-refractivity contribution < 1.29 is 9.59 Å². The minimum Gasteiger partial charge on any atom is -0.364 e. The van der Waals surface area contributed by atoms with Crippen molar-refractivity contribution in [1.82, 2.24) is 20.6 Å². The van der Waals surface area contributed by atoms with Crippen LogP contribution >= 0.6 is 0 Å². The average Bonchev–Trinajstić information content (AvgIpc) is 2.46. The van der Waals surface area contributed by atoms with E-state index < -0.39 is 11.9 Å². The molecule has 19 heavy (non-hydrogen) atoms. The molecule has 1 aromatic heterocycles. The number of anilines is 1. The van der Waals surface area contributed by atoms with Crippen LogP contribution in [0.4, 0.5) is 5.82 Å². The summed E-state index contributed by atoms with van der Waals surface area (Å²) in [5.41, 5.74) is 5.37. The molecule has 1 aliphatic rings. The molecule has 8 nitrogen and oxygen atoms in total. The molecule has 0 aliphatic carbocycles. The second kappa shape index (κ2) is 5.61. The highest BCUT2D eigenvalue weighted by molar-refractivity contribution is 5.96. The average molecular weight is 264 g/mol. The Morgan fingerprint density at radius 1 is 1.47 bits per heavy atom. The van der Waals surface area contributed by atoms with Crippen LogP contribution in [0, 0.1) is 0 Å². The van der Waals surface area contributed by atoms with Gasteiger partial charge in [-0.05, 0) is 0 Å². The Hall–Kier alpha value is -2.22. The van der Waals surface area contributed by atoms with Gasteiger partial charge < -0.3 is 21.3 Å². The van der Waals surface area contributed by atoms with Crippen molar-refractivity contribution in [2.75, 3.05) is 31.6 Å². The standard InChI is InChI=1S/C11H16N6O2/c1-13-11(19)7-6-14-4-5-17(7)10-8(9(12)18)15-2-3-16-10/h2-3,7,14H,4-6H2,1H3,(H2,12,18)(H,13,19). The van der Waals surface area contributed by atoms with Crippen molar-refractivity contribution in [2.24, 2.45) is 5.73 Å². The van der Waals surface area contributed by atoms with Gasteiger partial charge in [0.1, 0.15) is 6.04 Å². The fourth-order valence-electron chi connectivity index (χ4n) is 2.07. The summed E-state index contributed by atoms with van der Waals surface area (Å²) >= 11 is 0. The van der Waals surface area contributed by atoms with E-state index in [1.807, 2.05) is 0 Å². The maximum absolute atomic E-state index is 11.9. The monoisotopic (exact) mass is 264 g/mol. The minimum atomic E-state index is -0.655. The Labute approximate surface area is 110 Å². The first-order valence-electron chi connectivity index (χ1n) is 5.95. The van der Waals surface area contributed by atoms with Gasteiger partial charge in [-0.1, -0.05) is 0 Å². The molecule has 2 rings (SSSR count). The van der Waals surface area contributed by atoms with Crippen LogP contribution in [0.5, 0.6) is 0 Å². The Morgan fingerprint density at radius 2 is 2.21 bits per heavy atom. The first-order valence-corrected chi connectivity index (χ1v) is 5.95. The van der Waals surface area contributed by atoms with Crippen molar-refractivity contribution in [2.45, 2.75) is 6.04 Å². The summed E-state index contributed by atoms with van der Waals surface area (Å²) in [6, 6.07) is -0.437. The van der Waals surface area contributed by atoms with Crippen LogP contribution in [0.15, 0.2) is 12.4 Å². The van der Waals surface area contributed by atoms with E-state index in [2.05, 4.69) is 20.6 Å². The lowest BCUT2D eigenvalue weighted by atomic mass is 10.1. The fourth-order valence-corrected chi connectivity index (χ4v) is 2.07. The molecular weight excluding hydrogens is 248 g/mol. The lowest BCUT2D eigenvalue weighted by molar-refractivity contribution is -0.122. The van der Waals surface area contributed by atoms with E-state index in [0.29, 0.717) is 25.5 Å². The number of carbonyl (C=O) groups excluding carboxylic acids is 2. The van der Waals surface area contributed by atoms with Gasteiger partial charge in [0.25, 0.3) is 5.91 Å². The van der Waals surface area contributed by atoms with Crippen molar-refractivity contribution >= 4 is 17.6 Å².